The summed E-state index contributed by atoms with van der Waals surface area (Å²) in [5.41, 5.74) is 6.54. The van der Waals surface area contributed by atoms with Gasteiger partial charge in [0, 0.05) is 11.8 Å². The van der Waals surface area contributed by atoms with E-state index in [1.54, 1.807) is 17.9 Å². The van der Waals surface area contributed by atoms with Crippen LogP contribution in [0.4, 0.5) is 5.82 Å². The lowest BCUT2D eigenvalue weighted by Gasteiger charge is -2.27. The average Bonchev–Trinajstić information content (AvgIpc) is 3.18. The van der Waals surface area contributed by atoms with E-state index in [1.165, 1.54) is 13.3 Å². The number of benzene rings is 1. The van der Waals surface area contributed by atoms with Crippen LogP contribution >= 0.6 is 0 Å². The van der Waals surface area contributed by atoms with Gasteiger partial charge < -0.3 is 35.1 Å². The Morgan fingerprint density at radius 3 is 2.61 bits per heavy atom. The van der Waals surface area contributed by atoms with Gasteiger partial charge in [0.05, 0.1) is 19.1 Å². The highest BCUT2D eigenvalue weighted by Gasteiger charge is 2.53. The number of fused-ring (bicyclic) bond motifs is 1. The molecule has 0 radical (unpaired) electrons. The molecule has 0 bridgehead atoms. The number of anilines is 1. The van der Waals surface area contributed by atoms with Crippen LogP contribution < -0.4 is 10.5 Å². The molecule has 5 N–H and O–H groups in total. The molecular formula is C19H22N4O5. The summed E-state index contributed by atoms with van der Waals surface area (Å²) < 4.78 is 12.6. The number of rotatable bonds is 4. The summed E-state index contributed by atoms with van der Waals surface area (Å²) in [4.78, 5) is 8.41. The fourth-order valence-electron chi connectivity index (χ4n) is 3.67. The van der Waals surface area contributed by atoms with Crippen molar-refractivity contribution >= 4 is 16.9 Å². The van der Waals surface area contributed by atoms with Crippen LogP contribution in [0.5, 0.6) is 5.75 Å². The molecule has 9 nitrogen and oxygen atoms in total. The zero-order valence-electron chi connectivity index (χ0n) is 15.5. The monoisotopic (exact) mass is 386 g/mol. The van der Waals surface area contributed by atoms with Gasteiger partial charge in [-0.2, -0.15) is 0 Å². The number of hydrogen-bond acceptors (Lipinski definition) is 8. The SMILES string of the molecule is COc1ccc(-c2cn(C3OC(CO)C(O)[C@@]3(C)O)c3ncnc(N)c23)cc1. The third kappa shape index (κ3) is 2.71. The molecule has 4 atom stereocenters. The zero-order valence-corrected chi connectivity index (χ0v) is 15.5. The van der Waals surface area contributed by atoms with Gasteiger partial charge in [-0.1, -0.05) is 12.1 Å². The van der Waals surface area contributed by atoms with Gasteiger partial charge in [-0.15, -0.1) is 0 Å². The van der Waals surface area contributed by atoms with E-state index in [0.29, 0.717) is 16.8 Å². The van der Waals surface area contributed by atoms with E-state index in [1.807, 2.05) is 24.3 Å². The van der Waals surface area contributed by atoms with Gasteiger partial charge in [0.25, 0.3) is 0 Å². The highest BCUT2D eigenvalue weighted by Crippen LogP contribution is 2.42. The Bertz CT molecular complexity index is 1000. The molecule has 28 heavy (non-hydrogen) atoms. The van der Waals surface area contributed by atoms with Gasteiger partial charge in [-0.05, 0) is 24.6 Å². The van der Waals surface area contributed by atoms with Crippen LogP contribution in [0.15, 0.2) is 36.8 Å². The van der Waals surface area contributed by atoms with Crippen LogP contribution in [0.1, 0.15) is 13.2 Å². The average molecular weight is 386 g/mol. The Kier molecular flexibility index (Phi) is 4.47. The molecule has 0 saturated carbocycles. The highest BCUT2D eigenvalue weighted by atomic mass is 16.6. The maximum Gasteiger partial charge on any atom is 0.167 e. The van der Waals surface area contributed by atoms with Gasteiger partial charge in [-0.25, -0.2) is 9.97 Å². The van der Waals surface area contributed by atoms with E-state index in [9.17, 15) is 15.3 Å². The third-order valence-electron chi connectivity index (χ3n) is 5.23. The molecule has 1 fully saturated rings. The Hall–Kier alpha value is -2.72. The smallest absolute Gasteiger partial charge is 0.167 e. The molecule has 1 aliphatic rings. The highest BCUT2D eigenvalue weighted by molar-refractivity contribution is 6.00. The van der Waals surface area contributed by atoms with Crippen molar-refractivity contribution in [1.82, 2.24) is 14.5 Å². The third-order valence-corrected chi connectivity index (χ3v) is 5.23. The summed E-state index contributed by atoms with van der Waals surface area (Å²) >= 11 is 0. The summed E-state index contributed by atoms with van der Waals surface area (Å²) in [5.74, 6) is 0.999. The van der Waals surface area contributed by atoms with Crippen LogP contribution in [0, 0.1) is 0 Å². The minimum absolute atomic E-state index is 0.284. The Labute approximate surface area is 161 Å². The Balaban J connectivity index is 1.90. The van der Waals surface area contributed by atoms with Gasteiger partial charge in [0.15, 0.2) is 6.23 Å². The molecule has 0 aliphatic carbocycles. The topological polar surface area (TPSA) is 136 Å². The molecule has 148 valence electrons. The fourth-order valence-corrected chi connectivity index (χ4v) is 3.67. The summed E-state index contributed by atoms with van der Waals surface area (Å²) in [6.45, 7) is 1.04. The number of aliphatic hydroxyl groups is 3. The van der Waals surface area contributed by atoms with Crippen molar-refractivity contribution in [2.45, 2.75) is 31.0 Å². The van der Waals surface area contributed by atoms with Crippen molar-refractivity contribution in [3.63, 3.8) is 0 Å². The Morgan fingerprint density at radius 1 is 1.29 bits per heavy atom. The van der Waals surface area contributed by atoms with E-state index < -0.39 is 30.6 Å². The Morgan fingerprint density at radius 2 is 2.00 bits per heavy atom. The number of methoxy groups -OCH3 is 1. The van der Waals surface area contributed by atoms with E-state index in [4.69, 9.17) is 15.2 Å². The van der Waals surface area contributed by atoms with E-state index in [2.05, 4.69) is 9.97 Å². The van der Waals surface area contributed by atoms with Crippen LogP contribution in [0.3, 0.4) is 0 Å². The molecule has 3 unspecified atom stereocenters. The lowest BCUT2D eigenvalue weighted by Crippen LogP contribution is -2.44. The molecule has 0 spiro atoms. The van der Waals surface area contributed by atoms with Gasteiger partial charge >= 0.3 is 0 Å². The number of hydrogen-bond donors (Lipinski definition) is 4. The van der Waals surface area contributed by atoms with Crippen molar-refractivity contribution in [2.24, 2.45) is 0 Å². The van der Waals surface area contributed by atoms with Crippen molar-refractivity contribution < 1.29 is 24.8 Å². The van der Waals surface area contributed by atoms with Crippen molar-refractivity contribution in [3.8, 4) is 16.9 Å². The minimum atomic E-state index is -1.64. The number of nitrogens with two attached hydrogens (primary N) is 1. The maximum absolute atomic E-state index is 10.9. The molecule has 4 rings (SSSR count). The number of aliphatic hydroxyl groups excluding tert-OH is 2. The molecule has 1 aromatic carbocycles. The van der Waals surface area contributed by atoms with Crippen molar-refractivity contribution in [3.05, 3.63) is 36.8 Å². The first-order valence-electron chi connectivity index (χ1n) is 8.80. The van der Waals surface area contributed by atoms with Crippen LogP contribution in [0.2, 0.25) is 0 Å². The number of aromatic nitrogens is 3. The number of ether oxygens (including phenoxy) is 2. The van der Waals surface area contributed by atoms with Gasteiger partial charge in [0.1, 0.15) is 41.4 Å². The van der Waals surface area contributed by atoms with Crippen LogP contribution in [-0.2, 0) is 4.74 Å². The predicted octanol–water partition coefficient (Wildman–Crippen LogP) is 0.691. The van der Waals surface area contributed by atoms with Crippen LogP contribution in [-0.4, -0.2) is 61.4 Å². The maximum atomic E-state index is 10.9. The molecule has 1 saturated heterocycles. The second-order valence-corrected chi connectivity index (χ2v) is 7.02. The number of nitrogens with zero attached hydrogens (tertiary/aromatic N) is 3. The fraction of sp³-hybridized carbons (Fsp3) is 0.368. The molecule has 3 aromatic rings. The second-order valence-electron chi connectivity index (χ2n) is 7.02. The molecule has 2 aromatic heterocycles. The lowest BCUT2D eigenvalue weighted by atomic mass is 9.96. The first kappa shape index (κ1) is 18.6. The molecule has 9 heteroatoms. The molecule has 0 amide bonds. The van der Waals surface area contributed by atoms with Gasteiger partial charge in [-0.3, -0.25) is 0 Å². The predicted molar refractivity (Wildman–Crippen MR) is 102 cm³/mol. The van der Waals surface area contributed by atoms with E-state index in [0.717, 1.165) is 11.1 Å². The second kappa shape index (κ2) is 6.71. The lowest BCUT2D eigenvalue weighted by molar-refractivity contribution is -0.0948. The summed E-state index contributed by atoms with van der Waals surface area (Å²) in [5, 5.41) is 31.3. The summed E-state index contributed by atoms with van der Waals surface area (Å²) in [7, 11) is 1.59. The summed E-state index contributed by atoms with van der Waals surface area (Å²) in [6.07, 6.45) is -0.0632. The summed E-state index contributed by atoms with van der Waals surface area (Å²) in [6, 6.07) is 7.41. The minimum Gasteiger partial charge on any atom is -0.497 e. The molecule has 1 aliphatic heterocycles. The largest absolute Gasteiger partial charge is 0.497 e. The molecular weight excluding hydrogens is 364 g/mol. The first-order valence-corrected chi connectivity index (χ1v) is 8.80. The molecule has 3 heterocycles. The first-order chi connectivity index (χ1) is 13.4. The van der Waals surface area contributed by atoms with E-state index >= 15 is 0 Å². The zero-order chi connectivity index (χ0) is 20.1. The van der Waals surface area contributed by atoms with Crippen LogP contribution in [0.25, 0.3) is 22.2 Å². The number of nitrogen functional groups attached to an aromatic ring is 1. The normalized spacial score (nSPS) is 27.4. The van der Waals surface area contributed by atoms with Crippen molar-refractivity contribution in [1.29, 1.82) is 0 Å². The standard InChI is InChI=1S/C19H22N4O5/c1-19(26)15(25)13(8-24)28-18(19)23-7-12(10-3-5-11(27-2)6-4-10)14-16(20)21-9-22-17(14)23/h3-7,9,13,15,18,24-26H,8H2,1-2H3,(H2,20,21,22)/t13?,15?,18?,19-/m1/s1. The van der Waals surface area contributed by atoms with Gasteiger partial charge in [0.2, 0.25) is 0 Å². The quantitative estimate of drug-likeness (QED) is 0.514. The van der Waals surface area contributed by atoms with Crippen molar-refractivity contribution in [2.75, 3.05) is 19.5 Å². The van der Waals surface area contributed by atoms with E-state index in [-0.39, 0.29) is 5.82 Å².